The van der Waals surface area contributed by atoms with E-state index in [2.05, 4.69) is 15.7 Å². The molecule has 172 valence electrons. The van der Waals surface area contributed by atoms with Gasteiger partial charge in [0.15, 0.2) is 0 Å². The van der Waals surface area contributed by atoms with Gasteiger partial charge in [0.05, 0.1) is 22.0 Å². The van der Waals surface area contributed by atoms with Crippen molar-refractivity contribution in [1.29, 1.82) is 0 Å². The summed E-state index contributed by atoms with van der Waals surface area (Å²) >= 11 is 0. The van der Waals surface area contributed by atoms with Crippen LogP contribution in [0.5, 0.6) is 0 Å². The largest absolute Gasteiger partial charge is 0.364 e. The van der Waals surface area contributed by atoms with E-state index in [4.69, 9.17) is 4.98 Å². The van der Waals surface area contributed by atoms with Crippen LogP contribution >= 0.6 is 0 Å². The van der Waals surface area contributed by atoms with Crippen molar-refractivity contribution < 1.29 is 12.8 Å². The van der Waals surface area contributed by atoms with Crippen molar-refractivity contribution in [2.45, 2.75) is 23.9 Å². The summed E-state index contributed by atoms with van der Waals surface area (Å²) in [7, 11) is -3.89. The van der Waals surface area contributed by atoms with Crippen LogP contribution in [0, 0.1) is 5.82 Å². The van der Waals surface area contributed by atoms with Crippen molar-refractivity contribution in [3.63, 3.8) is 0 Å². The molecule has 1 aliphatic rings. The number of pyridine rings is 1. The van der Waals surface area contributed by atoms with E-state index in [0.29, 0.717) is 19.5 Å². The number of benzene rings is 3. The molecule has 1 N–H and O–H groups in total. The third-order valence-corrected chi connectivity index (χ3v) is 7.40. The zero-order chi connectivity index (χ0) is 23.5. The molecule has 34 heavy (non-hydrogen) atoms. The highest BCUT2D eigenvalue weighted by molar-refractivity contribution is 7.89. The lowest BCUT2D eigenvalue weighted by atomic mass is 10.0. The van der Waals surface area contributed by atoms with Crippen LogP contribution in [-0.2, 0) is 23.0 Å². The highest BCUT2D eigenvalue weighted by Gasteiger charge is 2.30. The first kappa shape index (κ1) is 22.3. The molecule has 0 fully saturated rings. The summed E-state index contributed by atoms with van der Waals surface area (Å²) in [5.74, 6) is -0.586. The SMILES string of the molecule is O=S(=O)(NC1Cc2nc(-c3ccccc3)ccc2N(Cc2ccccc2)C1)c1cccc(F)c1. The molecule has 5 rings (SSSR count). The second kappa shape index (κ2) is 9.37. The first-order valence-corrected chi connectivity index (χ1v) is 12.6. The van der Waals surface area contributed by atoms with E-state index in [-0.39, 0.29) is 4.90 Å². The Balaban J connectivity index is 1.48. The van der Waals surface area contributed by atoms with Crippen molar-refractivity contribution in [2.24, 2.45) is 0 Å². The summed E-state index contributed by atoms with van der Waals surface area (Å²) < 4.78 is 42.5. The summed E-state index contributed by atoms with van der Waals surface area (Å²) in [6.07, 6.45) is 0.440. The summed E-state index contributed by atoms with van der Waals surface area (Å²) in [4.78, 5) is 6.97. The van der Waals surface area contributed by atoms with Crippen LogP contribution in [0.2, 0.25) is 0 Å². The van der Waals surface area contributed by atoms with Gasteiger partial charge in [0.25, 0.3) is 0 Å². The van der Waals surface area contributed by atoms with Gasteiger partial charge in [-0.2, -0.15) is 0 Å². The van der Waals surface area contributed by atoms with E-state index in [0.717, 1.165) is 34.3 Å². The standard InChI is InChI=1S/C27H24FN3O2S/c28-22-12-7-13-24(16-22)34(32,33)30-23-17-26-27(31(19-23)18-20-8-3-1-4-9-20)15-14-25(29-26)21-10-5-2-6-11-21/h1-16,23,30H,17-19H2. The minimum atomic E-state index is -3.89. The maximum Gasteiger partial charge on any atom is 0.240 e. The number of anilines is 1. The molecule has 0 saturated carbocycles. The molecule has 0 aliphatic carbocycles. The molecule has 1 aromatic heterocycles. The van der Waals surface area contributed by atoms with Gasteiger partial charge in [0, 0.05) is 31.1 Å². The molecular weight excluding hydrogens is 449 g/mol. The van der Waals surface area contributed by atoms with Gasteiger partial charge in [0.1, 0.15) is 5.82 Å². The topological polar surface area (TPSA) is 62.3 Å². The molecule has 1 aliphatic heterocycles. The Morgan fingerprint density at radius 1 is 0.912 bits per heavy atom. The Hall–Kier alpha value is -3.55. The van der Waals surface area contributed by atoms with Crippen molar-refractivity contribution in [2.75, 3.05) is 11.4 Å². The molecule has 0 radical (unpaired) electrons. The van der Waals surface area contributed by atoms with Crippen LogP contribution < -0.4 is 9.62 Å². The first-order chi connectivity index (χ1) is 16.5. The highest BCUT2D eigenvalue weighted by atomic mass is 32.2. The normalized spacial score (nSPS) is 15.7. The lowest BCUT2D eigenvalue weighted by molar-refractivity contribution is 0.519. The molecule has 0 spiro atoms. The van der Waals surface area contributed by atoms with Gasteiger partial charge in [-0.05, 0) is 35.9 Å². The Labute approximate surface area is 199 Å². The number of rotatable bonds is 6. The number of hydrogen-bond acceptors (Lipinski definition) is 4. The highest BCUT2D eigenvalue weighted by Crippen LogP contribution is 2.31. The zero-order valence-corrected chi connectivity index (χ0v) is 19.2. The van der Waals surface area contributed by atoms with Crippen LogP contribution in [-0.4, -0.2) is 26.0 Å². The van der Waals surface area contributed by atoms with E-state index < -0.39 is 21.9 Å². The minimum absolute atomic E-state index is 0.0844. The predicted molar refractivity (Wildman–Crippen MR) is 131 cm³/mol. The fourth-order valence-electron chi connectivity index (χ4n) is 4.32. The number of fused-ring (bicyclic) bond motifs is 1. The minimum Gasteiger partial charge on any atom is -0.364 e. The lowest BCUT2D eigenvalue weighted by Gasteiger charge is -2.36. The molecule has 0 amide bonds. The fourth-order valence-corrected chi connectivity index (χ4v) is 5.58. The predicted octanol–water partition coefficient (Wildman–Crippen LogP) is 4.80. The van der Waals surface area contributed by atoms with Crippen molar-refractivity contribution >= 4 is 15.7 Å². The first-order valence-electron chi connectivity index (χ1n) is 11.1. The molecule has 7 heteroatoms. The quantitative estimate of drug-likeness (QED) is 0.437. The monoisotopic (exact) mass is 473 g/mol. The maximum atomic E-state index is 13.7. The van der Waals surface area contributed by atoms with Crippen LogP contribution in [0.15, 0.2) is 102 Å². The summed E-state index contributed by atoms with van der Waals surface area (Å²) in [6.45, 7) is 1.10. The van der Waals surface area contributed by atoms with E-state index in [1.807, 2.05) is 66.7 Å². The van der Waals surface area contributed by atoms with Gasteiger partial charge in [-0.1, -0.05) is 66.7 Å². The Morgan fingerprint density at radius 2 is 1.65 bits per heavy atom. The number of nitrogens with one attached hydrogen (secondary N) is 1. The average molecular weight is 474 g/mol. The van der Waals surface area contributed by atoms with Gasteiger partial charge in [-0.15, -0.1) is 0 Å². The van der Waals surface area contributed by atoms with Gasteiger partial charge in [-0.3, -0.25) is 4.98 Å². The van der Waals surface area contributed by atoms with Gasteiger partial charge < -0.3 is 4.90 Å². The third kappa shape index (κ3) is 4.85. The molecule has 5 nitrogen and oxygen atoms in total. The molecule has 0 bridgehead atoms. The Kier molecular flexibility index (Phi) is 6.13. The second-order valence-electron chi connectivity index (χ2n) is 8.37. The van der Waals surface area contributed by atoms with E-state index in [9.17, 15) is 12.8 Å². The smallest absolute Gasteiger partial charge is 0.240 e. The fraction of sp³-hybridized carbons (Fsp3) is 0.148. The Bertz CT molecular complexity index is 1400. The van der Waals surface area contributed by atoms with Crippen molar-refractivity contribution in [3.8, 4) is 11.3 Å². The van der Waals surface area contributed by atoms with Crippen LogP contribution in [0.4, 0.5) is 10.1 Å². The third-order valence-electron chi connectivity index (χ3n) is 5.89. The van der Waals surface area contributed by atoms with E-state index >= 15 is 0 Å². The molecule has 2 heterocycles. The molecule has 1 atom stereocenters. The average Bonchev–Trinajstić information content (AvgIpc) is 2.85. The molecular formula is C27H24FN3O2S. The molecule has 1 unspecified atom stereocenters. The van der Waals surface area contributed by atoms with Gasteiger partial charge in [-0.25, -0.2) is 17.5 Å². The van der Waals surface area contributed by atoms with Gasteiger partial charge in [0.2, 0.25) is 10.0 Å². The molecule has 3 aromatic carbocycles. The van der Waals surface area contributed by atoms with Crippen molar-refractivity contribution in [3.05, 3.63) is 114 Å². The number of sulfonamides is 1. The number of aromatic nitrogens is 1. The van der Waals surface area contributed by atoms with E-state index in [1.54, 1.807) is 0 Å². The van der Waals surface area contributed by atoms with Crippen molar-refractivity contribution in [1.82, 2.24) is 9.71 Å². The maximum absolute atomic E-state index is 13.7. The number of hydrogen-bond donors (Lipinski definition) is 1. The number of halogens is 1. The summed E-state index contributed by atoms with van der Waals surface area (Å²) in [5, 5.41) is 0. The van der Waals surface area contributed by atoms with E-state index in [1.165, 1.54) is 18.2 Å². The Morgan fingerprint density at radius 3 is 2.38 bits per heavy atom. The number of nitrogens with zero attached hydrogens (tertiary/aromatic N) is 2. The zero-order valence-electron chi connectivity index (χ0n) is 18.4. The summed E-state index contributed by atoms with van der Waals surface area (Å²) in [6, 6.07) is 28.6. The summed E-state index contributed by atoms with van der Waals surface area (Å²) in [5.41, 5.74) is 4.78. The second-order valence-corrected chi connectivity index (χ2v) is 10.1. The molecule has 0 saturated heterocycles. The van der Waals surface area contributed by atoms with Crippen LogP contribution in [0.1, 0.15) is 11.3 Å². The lowest BCUT2D eigenvalue weighted by Crippen LogP contribution is -2.48. The van der Waals surface area contributed by atoms with Crippen LogP contribution in [0.3, 0.4) is 0 Å². The van der Waals surface area contributed by atoms with Crippen LogP contribution in [0.25, 0.3) is 11.3 Å². The molecule has 4 aromatic rings. The van der Waals surface area contributed by atoms with Gasteiger partial charge >= 0.3 is 0 Å².